The number of fused-ring (bicyclic) bond motifs is 1. The highest BCUT2D eigenvalue weighted by Crippen LogP contribution is 2.35. The molecule has 136 valence electrons. The molecule has 6 nitrogen and oxygen atoms in total. The van der Waals surface area contributed by atoms with Crippen molar-refractivity contribution in [2.75, 3.05) is 40.8 Å². The van der Waals surface area contributed by atoms with Gasteiger partial charge in [0.1, 0.15) is 0 Å². The minimum absolute atomic E-state index is 0.0913. The molecule has 2 aliphatic rings. The maximum atomic E-state index is 13.2. The van der Waals surface area contributed by atoms with Gasteiger partial charge in [0.2, 0.25) is 5.91 Å². The van der Waals surface area contributed by atoms with Gasteiger partial charge in [0.15, 0.2) is 0 Å². The standard InChI is InChI=1S/C19H21N3O3S/c1-20-13-14-22(18-6-3-2-5-17(18)20)26(24,25)16-10-8-15(9-11-16)21-12-4-7-19(21)23/h2-3,5-6,8-11H,4,7,12-14H2,1H3. The molecule has 0 aliphatic carbocycles. The topological polar surface area (TPSA) is 60.9 Å². The summed E-state index contributed by atoms with van der Waals surface area (Å²) >= 11 is 0. The second-order valence-corrected chi connectivity index (χ2v) is 8.49. The number of carbonyl (C=O) groups excluding carboxylic acids is 1. The summed E-state index contributed by atoms with van der Waals surface area (Å²) in [6.07, 6.45) is 1.40. The highest BCUT2D eigenvalue weighted by Gasteiger charge is 2.31. The van der Waals surface area contributed by atoms with Gasteiger partial charge < -0.3 is 9.80 Å². The number of sulfonamides is 1. The van der Waals surface area contributed by atoms with E-state index in [1.54, 1.807) is 29.2 Å². The van der Waals surface area contributed by atoms with E-state index in [-0.39, 0.29) is 10.8 Å². The molecule has 0 saturated carbocycles. The predicted octanol–water partition coefficient (Wildman–Crippen LogP) is 2.46. The highest BCUT2D eigenvalue weighted by atomic mass is 32.2. The van der Waals surface area contributed by atoms with Gasteiger partial charge in [-0.3, -0.25) is 9.10 Å². The van der Waals surface area contributed by atoms with E-state index in [1.165, 1.54) is 4.31 Å². The van der Waals surface area contributed by atoms with E-state index >= 15 is 0 Å². The Balaban J connectivity index is 1.67. The van der Waals surface area contributed by atoms with E-state index in [0.29, 0.717) is 31.7 Å². The van der Waals surface area contributed by atoms with E-state index < -0.39 is 10.0 Å². The molecule has 0 N–H and O–H groups in total. The molecule has 0 unspecified atom stereocenters. The normalized spacial score (nSPS) is 17.6. The van der Waals surface area contributed by atoms with E-state index in [0.717, 1.165) is 17.8 Å². The third kappa shape index (κ3) is 2.72. The SMILES string of the molecule is CN1CCN(S(=O)(=O)c2ccc(N3CCCC3=O)cc2)c2ccccc21. The van der Waals surface area contributed by atoms with Gasteiger partial charge in [0.05, 0.1) is 22.8 Å². The Morgan fingerprint density at radius 3 is 2.23 bits per heavy atom. The molecule has 0 aromatic heterocycles. The summed E-state index contributed by atoms with van der Waals surface area (Å²) in [6, 6.07) is 14.2. The summed E-state index contributed by atoms with van der Waals surface area (Å²) in [6.45, 7) is 1.73. The smallest absolute Gasteiger partial charge is 0.264 e. The molecule has 0 spiro atoms. The van der Waals surface area contributed by atoms with E-state index in [4.69, 9.17) is 0 Å². The van der Waals surface area contributed by atoms with Gasteiger partial charge in [-0.25, -0.2) is 8.42 Å². The zero-order chi connectivity index (χ0) is 18.3. The van der Waals surface area contributed by atoms with Crippen molar-refractivity contribution in [1.29, 1.82) is 0 Å². The Labute approximate surface area is 153 Å². The van der Waals surface area contributed by atoms with Crippen molar-refractivity contribution < 1.29 is 13.2 Å². The van der Waals surface area contributed by atoms with Gasteiger partial charge in [-0.1, -0.05) is 12.1 Å². The molecular weight excluding hydrogens is 350 g/mol. The van der Waals surface area contributed by atoms with Crippen LogP contribution in [0.2, 0.25) is 0 Å². The van der Waals surface area contributed by atoms with Crippen molar-refractivity contribution in [2.45, 2.75) is 17.7 Å². The lowest BCUT2D eigenvalue weighted by Crippen LogP contribution is -2.42. The van der Waals surface area contributed by atoms with Crippen LogP contribution in [0.25, 0.3) is 0 Å². The quantitative estimate of drug-likeness (QED) is 0.832. The van der Waals surface area contributed by atoms with Crippen LogP contribution in [0, 0.1) is 0 Å². The summed E-state index contributed by atoms with van der Waals surface area (Å²) in [5, 5.41) is 0. The number of nitrogens with zero attached hydrogens (tertiary/aromatic N) is 3. The molecule has 2 aromatic carbocycles. The second kappa shape index (κ2) is 6.32. The van der Waals surface area contributed by atoms with Crippen LogP contribution in [0.15, 0.2) is 53.4 Å². The summed E-state index contributed by atoms with van der Waals surface area (Å²) < 4.78 is 27.8. The van der Waals surface area contributed by atoms with Crippen LogP contribution in [-0.2, 0) is 14.8 Å². The van der Waals surface area contributed by atoms with Gasteiger partial charge in [-0.15, -0.1) is 0 Å². The molecule has 7 heteroatoms. The zero-order valence-electron chi connectivity index (χ0n) is 14.6. The van der Waals surface area contributed by atoms with Crippen molar-refractivity contribution in [3.63, 3.8) is 0 Å². The monoisotopic (exact) mass is 371 g/mol. The van der Waals surface area contributed by atoms with Crippen molar-refractivity contribution in [1.82, 2.24) is 0 Å². The lowest BCUT2D eigenvalue weighted by Gasteiger charge is -2.36. The maximum absolute atomic E-state index is 13.2. The average molecular weight is 371 g/mol. The number of amides is 1. The first-order valence-electron chi connectivity index (χ1n) is 8.72. The summed E-state index contributed by atoms with van der Waals surface area (Å²) in [4.78, 5) is 15.9. The molecule has 2 aromatic rings. The minimum Gasteiger partial charge on any atom is -0.371 e. The van der Waals surface area contributed by atoms with Crippen LogP contribution in [0.4, 0.5) is 17.1 Å². The van der Waals surface area contributed by atoms with E-state index in [2.05, 4.69) is 4.90 Å². The van der Waals surface area contributed by atoms with Crippen molar-refractivity contribution in [2.24, 2.45) is 0 Å². The number of anilines is 3. The fourth-order valence-corrected chi connectivity index (χ4v) is 5.05. The van der Waals surface area contributed by atoms with Crippen LogP contribution in [0.5, 0.6) is 0 Å². The Hall–Kier alpha value is -2.54. The van der Waals surface area contributed by atoms with E-state index in [1.807, 2.05) is 31.3 Å². The number of carbonyl (C=O) groups is 1. The second-order valence-electron chi connectivity index (χ2n) is 6.63. The first-order chi connectivity index (χ1) is 12.5. The van der Waals surface area contributed by atoms with Crippen LogP contribution >= 0.6 is 0 Å². The maximum Gasteiger partial charge on any atom is 0.264 e. The number of hydrogen-bond donors (Lipinski definition) is 0. The molecule has 0 atom stereocenters. The number of likely N-dealkylation sites (N-methyl/N-ethyl adjacent to an activating group) is 1. The molecule has 2 aliphatic heterocycles. The Morgan fingerprint density at radius 1 is 0.885 bits per heavy atom. The van der Waals surface area contributed by atoms with Crippen LogP contribution in [-0.4, -0.2) is 41.0 Å². The Bertz CT molecular complexity index is 941. The molecule has 4 rings (SSSR count). The lowest BCUT2D eigenvalue weighted by molar-refractivity contribution is -0.117. The Morgan fingerprint density at radius 2 is 1.58 bits per heavy atom. The predicted molar refractivity (Wildman–Crippen MR) is 102 cm³/mol. The highest BCUT2D eigenvalue weighted by molar-refractivity contribution is 7.92. The summed E-state index contributed by atoms with van der Waals surface area (Å²) in [7, 11) is -1.69. The molecular formula is C19H21N3O3S. The van der Waals surface area contributed by atoms with Gasteiger partial charge >= 0.3 is 0 Å². The van der Waals surface area contributed by atoms with Crippen molar-refractivity contribution >= 4 is 33.0 Å². The number of benzene rings is 2. The van der Waals surface area contributed by atoms with Crippen LogP contribution < -0.4 is 14.1 Å². The summed E-state index contributed by atoms with van der Waals surface area (Å²) in [5.41, 5.74) is 2.35. The number of para-hydroxylation sites is 2. The van der Waals surface area contributed by atoms with Crippen LogP contribution in [0.1, 0.15) is 12.8 Å². The average Bonchev–Trinajstić information content (AvgIpc) is 3.08. The van der Waals surface area contributed by atoms with Crippen molar-refractivity contribution in [3.8, 4) is 0 Å². The Kier molecular flexibility index (Phi) is 4.11. The molecule has 1 fully saturated rings. The lowest BCUT2D eigenvalue weighted by atomic mass is 10.2. The number of hydrogen-bond acceptors (Lipinski definition) is 4. The van der Waals surface area contributed by atoms with Crippen molar-refractivity contribution in [3.05, 3.63) is 48.5 Å². The fourth-order valence-electron chi connectivity index (χ4n) is 3.58. The fraction of sp³-hybridized carbons (Fsp3) is 0.316. The first kappa shape index (κ1) is 16.9. The van der Waals surface area contributed by atoms with Gasteiger partial charge in [-0.2, -0.15) is 0 Å². The largest absolute Gasteiger partial charge is 0.371 e. The van der Waals surface area contributed by atoms with Gasteiger partial charge in [0.25, 0.3) is 10.0 Å². The molecule has 0 bridgehead atoms. The summed E-state index contributed by atoms with van der Waals surface area (Å²) in [5.74, 6) is 0.0913. The third-order valence-electron chi connectivity index (χ3n) is 5.01. The van der Waals surface area contributed by atoms with Crippen LogP contribution in [0.3, 0.4) is 0 Å². The molecule has 0 radical (unpaired) electrons. The first-order valence-corrected chi connectivity index (χ1v) is 10.2. The molecule has 2 heterocycles. The molecule has 1 saturated heterocycles. The molecule has 1 amide bonds. The number of rotatable bonds is 3. The van der Waals surface area contributed by atoms with Gasteiger partial charge in [-0.05, 0) is 42.8 Å². The molecule has 26 heavy (non-hydrogen) atoms. The van der Waals surface area contributed by atoms with Gasteiger partial charge in [0, 0.05) is 32.2 Å². The van der Waals surface area contributed by atoms with E-state index in [9.17, 15) is 13.2 Å². The zero-order valence-corrected chi connectivity index (χ0v) is 15.4. The third-order valence-corrected chi connectivity index (χ3v) is 6.84. The minimum atomic E-state index is -3.65.